The molecule has 0 fully saturated rings. The molecule has 1 aromatic heterocycles. The Bertz CT molecular complexity index is 584. The lowest BCUT2D eigenvalue weighted by Gasteiger charge is -2.09. The van der Waals surface area contributed by atoms with E-state index in [0.29, 0.717) is 5.69 Å². The Morgan fingerprint density at radius 3 is 2.84 bits per heavy atom. The highest BCUT2D eigenvalue weighted by molar-refractivity contribution is 5.95. The Labute approximate surface area is 111 Å². The van der Waals surface area contributed by atoms with Gasteiger partial charge in [0.05, 0.1) is 10.4 Å². The molecule has 2 rings (SSSR count). The molecule has 0 atom stereocenters. The van der Waals surface area contributed by atoms with Crippen molar-refractivity contribution in [3.05, 3.63) is 40.6 Å². The number of nitrogens with zero attached hydrogens (tertiary/aromatic N) is 2. The number of rotatable bonds is 6. The first-order chi connectivity index (χ1) is 9.24. The minimum absolute atomic E-state index is 0.0372. The Kier molecular flexibility index (Phi) is 4.28. The van der Waals surface area contributed by atoms with Crippen LogP contribution >= 0.6 is 0 Å². The molecule has 0 unspecified atom stereocenters. The quantitative estimate of drug-likeness (QED) is 0.487. The highest BCUT2D eigenvalue weighted by Gasteiger charge is 2.17. The zero-order valence-electron chi connectivity index (χ0n) is 10.9. The fraction of sp³-hybridized carbons (Fsp3) is 0.357. The van der Waals surface area contributed by atoms with E-state index in [2.05, 4.69) is 17.2 Å². The van der Waals surface area contributed by atoms with Gasteiger partial charge in [-0.05, 0) is 12.5 Å². The van der Waals surface area contributed by atoms with Crippen LogP contribution in [0.2, 0.25) is 0 Å². The second kappa shape index (κ2) is 6.13. The summed E-state index contributed by atoms with van der Waals surface area (Å²) in [4.78, 5) is 14.8. The van der Waals surface area contributed by atoms with E-state index in [1.54, 1.807) is 0 Å². The molecule has 0 saturated carbocycles. The summed E-state index contributed by atoms with van der Waals surface area (Å²) in [5.74, 6) is 0. The number of hydrogen-bond acceptors (Lipinski definition) is 4. The fourth-order valence-electron chi connectivity index (χ4n) is 2.04. The molecule has 0 saturated heterocycles. The summed E-state index contributed by atoms with van der Waals surface area (Å²) in [6.07, 6.45) is 4.57. The predicted octanol–water partition coefficient (Wildman–Crippen LogP) is 3.75. The summed E-state index contributed by atoms with van der Waals surface area (Å²) in [6.45, 7) is 2.87. The molecule has 0 spiro atoms. The number of para-hydroxylation sites is 1. The molecule has 0 radical (unpaired) electrons. The Balaban J connectivity index is 2.35. The number of pyridine rings is 1. The van der Waals surface area contributed by atoms with E-state index >= 15 is 0 Å². The second-order valence-corrected chi connectivity index (χ2v) is 4.43. The first kappa shape index (κ1) is 13.3. The van der Waals surface area contributed by atoms with Gasteiger partial charge in [-0.25, -0.2) is 4.98 Å². The van der Waals surface area contributed by atoms with Gasteiger partial charge in [0.2, 0.25) is 0 Å². The van der Waals surface area contributed by atoms with Crippen LogP contribution in [0.15, 0.2) is 30.5 Å². The monoisotopic (exact) mass is 259 g/mol. The van der Waals surface area contributed by atoms with Crippen LogP contribution in [0.25, 0.3) is 10.9 Å². The molecule has 0 aliphatic heterocycles. The molecule has 0 amide bonds. The van der Waals surface area contributed by atoms with Crippen molar-refractivity contribution in [2.24, 2.45) is 0 Å². The largest absolute Gasteiger partial charge is 0.379 e. The molecular formula is C14H17N3O2. The summed E-state index contributed by atoms with van der Waals surface area (Å²) in [6, 6.07) is 7.46. The lowest BCUT2D eigenvalue weighted by Crippen LogP contribution is -2.05. The number of benzene rings is 1. The summed E-state index contributed by atoms with van der Waals surface area (Å²) in [5.41, 5.74) is 1.38. The first-order valence-corrected chi connectivity index (χ1v) is 6.50. The summed E-state index contributed by atoms with van der Waals surface area (Å²) in [5, 5.41) is 15.1. The van der Waals surface area contributed by atoms with Gasteiger partial charge in [0, 0.05) is 11.9 Å². The van der Waals surface area contributed by atoms with Crippen LogP contribution in [0.5, 0.6) is 0 Å². The van der Waals surface area contributed by atoms with E-state index in [1.165, 1.54) is 6.20 Å². The van der Waals surface area contributed by atoms with Crippen molar-refractivity contribution in [2.75, 3.05) is 11.9 Å². The van der Waals surface area contributed by atoms with Crippen molar-refractivity contribution in [1.29, 1.82) is 0 Å². The molecule has 5 heteroatoms. The lowest BCUT2D eigenvalue weighted by molar-refractivity contribution is -0.384. The van der Waals surface area contributed by atoms with Crippen LogP contribution in [0.3, 0.4) is 0 Å². The molecule has 1 aromatic carbocycles. The minimum Gasteiger partial charge on any atom is -0.379 e. The molecule has 1 N–H and O–H groups in total. The average Bonchev–Trinajstić information content (AvgIpc) is 2.43. The number of anilines is 1. The lowest BCUT2D eigenvalue weighted by atomic mass is 10.1. The first-order valence-electron chi connectivity index (χ1n) is 6.50. The van der Waals surface area contributed by atoms with Crippen molar-refractivity contribution >= 4 is 22.3 Å². The van der Waals surface area contributed by atoms with E-state index in [1.807, 2.05) is 24.3 Å². The van der Waals surface area contributed by atoms with E-state index < -0.39 is 0 Å². The van der Waals surface area contributed by atoms with Gasteiger partial charge in [-0.2, -0.15) is 0 Å². The third kappa shape index (κ3) is 2.99. The Morgan fingerprint density at radius 2 is 2.11 bits per heavy atom. The van der Waals surface area contributed by atoms with Crippen LogP contribution in [0.1, 0.15) is 26.2 Å². The molecular weight excluding hydrogens is 242 g/mol. The molecule has 2 aromatic rings. The van der Waals surface area contributed by atoms with Crippen LogP contribution in [-0.2, 0) is 0 Å². The maximum atomic E-state index is 11.1. The minimum atomic E-state index is -0.387. The van der Waals surface area contributed by atoms with Gasteiger partial charge in [0.1, 0.15) is 11.9 Å². The second-order valence-electron chi connectivity index (χ2n) is 4.43. The standard InChI is InChI=1S/C14H17N3O2/c1-2-3-6-9-15-14-11-7-4-5-8-12(11)16-10-13(14)17(18)19/h4-5,7-8,10H,2-3,6,9H2,1H3,(H,15,16). The molecule has 0 bridgehead atoms. The molecule has 0 aliphatic carbocycles. The van der Waals surface area contributed by atoms with E-state index in [0.717, 1.165) is 36.7 Å². The van der Waals surface area contributed by atoms with Crippen molar-refractivity contribution in [2.45, 2.75) is 26.2 Å². The van der Waals surface area contributed by atoms with Crippen molar-refractivity contribution < 1.29 is 4.92 Å². The summed E-state index contributed by atoms with van der Waals surface area (Å²) in [7, 11) is 0. The number of nitrogens with one attached hydrogen (secondary N) is 1. The van der Waals surface area contributed by atoms with Crippen molar-refractivity contribution in [1.82, 2.24) is 4.98 Å². The van der Waals surface area contributed by atoms with Crippen LogP contribution in [0.4, 0.5) is 11.4 Å². The normalized spacial score (nSPS) is 10.6. The molecule has 100 valence electrons. The number of fused-ring (bicyclic) bond motifs is 1. The van der Waals surface area contributed by atoms with Gasteiger partial charge in [-0.1, -0.05) is 38.0 Å². The zero-order chi connectivity index (χ0) is 13.7. The van der Waals surface area contributed by atoms with E-state index in [9.17, 15) is 10.1 Å². The van der Waals surface area contributed by atoms with Crippen molar-refractivity contribution in [3.63, 3.8) is 0 Å². The van der Waals surface area contributed by atoms with Gasteiger partial charge in [-0.3, -0.25) is 10.1 Å². The third-order valence-electron chi connectivity index (χ3n) is 3.03. The number of aromatic nitrogens is 1. The highest BCUT2D eigenvalue weighted by Crippen LogP contribution is 2.31. The molecule has 0 aliphatic rings. The van der Waals surface area contributed by atoms with E-state index in [-0.39, 0.29) is 10.6 Å². The summed E-state index contributed by atoms with van der Waals surface area (Å²) < 4.78 is 0. The molecule has 19 heavy (non-hydrogen) atoms. The Hall–Kier alpha value is -2.17. The van der Waals surface area contributed by atoms with Gasteiger partial charge >= 0.3 is 5.69 Å². The number of nitro groups is 1. The van der Waals surface area contributed by atoms with Gasteiger partial charge < -0.3 is 5.32 Å². The summed E-state index contributed by atoms with van der Waals surface area (Å²) >= 11 is 0. The van der Waals surface area contributed by atoms with E-state index in [4.69, 9.17) is 0 Å². The Morgan fingerprint density at radius 1 is 1.32 bits per heavy atom. The van der Waals surface area contributed by atoms with Gasteiger partial charge in [0.15, 0.2) is 0 Å². The predicted molar refractivity (Wildman–Crippen MR) is 76.4 cm³/mol. The maximum Gasteiger partial charge on any atom is 0.311 e. The highest BCUT2D eigenvalue weighted by atomic mass is 16.6. The van der Waals surface area contributed by atoms with Gasteiger partial charge in [0.25, 0.3) is 0 Å². The zero-order valence-corrected chi connectivity index (χ0v) is 10.9. The SMILES string of the molecule is CCCCCNc1c([N+](=O)[O-])cnc2ccccc12. The molecule has 1 heterocycles. The smallest absolute Gasteiger partial charge is 0.311 e. The number of unbranched alkanes of at least 4 members (excludes halogenated alkanes) is 2. The fourth-order valence-corrected chi connectivity index (χ4v) is 2.04. The topological polar surface area (TPSA) is 68.1 Å². The van der Waals surface area contributed by atoms with Gasteiger partial charge in [-0.15, -0.1) is 0 Å². The third-order valence-corrected chi connectivity index (χ3v) is 3.03. The maximum absolute atomic E-state index is 11.1. The van der Waals surface area contributed by atoms with Crippen molar-refractivity contribution in [3.8, 4) is 0 Å². The van der Waals surface area contributed by atoms with Crippen LogP contribution in [-0.4, -0.2) is 16.5 Å². The number of hydrogen-bond donors (Lipinski definition) is 1. The van der Waals surface area contributed by atoms with Crippen LogP contribution in [0, 0.1) is 10.1 Å². The van der Waals surface area contributed by atoms with Crippen LogP contribution < -0.4 is 5.32 Å². The molecule has 5 nitrogen and oxygen atoms in total. The average molecular weight is 259 g/mol.